The molecule has 0 bridgehead atoms. The first-order valence-electron chi connectivity index (χ1n) is 4.92. The molecule has 0 radical (unpaired) electrons. The Bertz CT molecular complexity index is 92.3. The molecule has 0 rings (SSSR count). The molecule has 0 heterocycles. The molecule has 80 valence electrons. The van der Waals surface area contributed by atoms with Crippen molar-refractivity contribution in [2.24, 2.45) is 0 Å². The molecule has 0 unspecified atom stereocenters. The molecule has 0 saturated carbocycles. The van der Waals surface area contributed by atoms with Crippen molar-refractivity contribution in [3.63, 3.8) is 0 Å². The van der Waals surface area contributed by atoms with Gasteiger partial charge in [0.1, 0.15) is 0 Å². The number of hydrogen-bond acceptors (Lipinski definition) is 2. The fourth-order valence-electron chi connectivity index (χ4n) is 0.595. The van der Waals surface area contributed by atoms with Crippen LogP contribution in [0.3, 0.4) is 0 Å². The first-order chi connectivity index (χ1) is 6.15. The third-order valence-corrected chi connectivity index (χ3v) is 1.28. The highest BCUT2D eigenvalue weighted by Gasteiger charge is 1.84. The van der Waals surface area contributed by atoms with Crippen LogP contribution in [0.25, 0.3) is 0 Å². The van der Waals surface area contributed by atoms with Gasteiger partial charge >= 0.3 is 0 Å². The van der Waals surface area contributed by atoms with Crippen LogP contribution in [-0.2, 0) is 9.53 Å². The Morgan fingerprint density at radius 3 is 1.69 bits per heavy atom. The van der Waals surface area contributed by atoms with Gasteiger partial charge in [-0.1, -0.05) is 26.7 Å². The van der Waals surface area contributed by atoms with Crippen LogP contribution in [0.5, 0.6) is 0 Å². The maximum atomic E-state index is 9.00. The molecule has 0 aliphatic heterocycles. The molecule has 0 atom stereocenters. The highest BCUT2D eigenvalue weighted by Crippen LogP contribution is 1.91. The lowest BCUT2D eigenvalue weighted by atomic mass is 10.3. The zero-order valence-corrected chi connectivity index (χ0v) is 9.01. The molecule has 0 aromatic rings. The summed E-state index contributed by atoms with van der Waals surface area (Å²) < 4.78 is 5.31. The van der Waals surface area contributed by atoms with Gasteiger partial charge < -0.3 is 9.84 Å². The van der Waals surface area contributed by atoms with Crippen LogP contribution in [-0.4, -0.2) is 24.3 Å². The molecule has 13 heavy (non-hydrogen) atoms. The molecule has 0 aromatic carbocycles. The summed E-state index contributed by atoms with van der Waals surface area (Å²) in [4.78, 5) is 9.00. The minimum Gasteiger partial charge on any atom is -0.481 e. The molecule has 3 heteroatoms. The lowest BCUT2D eigenvalue weighted by Crippen LogP contribution is -1.95. The SMILES string of the molecule is CC(=O)O.CCCCOCCCC. The number of hydrogen-bond donors (Lipinski definition) is 1. The Labute approximate surface area is 81.1 Å². The van der Waals surface area contributed by atoms with Gasteiger partial charge in [0.2, 0.25) is 0 Å². The van der Waals surface area contributed by atoms with Gasteiger partial charge in [-0.15, -0.1) is 0 Å². The Balaban J connectivity index is 0. The van der Waals surface area contributed by atoms with Crippen LogP contribution in [0, 0.1) is 0 Å². The number of carboxylic acids is 1. The van der Waals surface area contributed by atoms with Crippen LogP contribution in [0.15, 0.2) is 0 Å². The number of ether oxygens (including phenoxy) is 1. The fourth-order valence-corrected chi connectivity index (χ4v) is 0.595. The molecule has 0 aliphatic rings. The topological polar surface area (TPSA) is 46.5 Å². The van der Waals surface area contributed by atoms with E-state index >= 15 is 0 Å². The van der Waals surface area contributed by atoms with Crippen molar-refractivity contribution in [2.75, 3.05) is 13.2 Å². The Morgan fingerprint density at radius 2 is 1.46 bits per heavy atom. The second-order valence-corrected chi connectivity index (χ2v) is 2.84. The highest BCUT2D eigenvalue weighted by molar-refractivity contribution is 5.62. The Hall–Kier alpha value is -0.570. The van der Waals surface area contributed by atoms with Crippen molar-refractivity contribution < 1.29 is 14.6 Å². The average Bonchev–Trinajstić information content (AvgIpc) is 2.03. The van der Waals surface area contributed by atoms with Crippen LogP contribution in [0.1, 0.15) is 46.5 Å². The van der Waals surface area contributed by atoms with Crippen molar-refractivity contribution in [2.45, 2.75) is 46.5 Å². The van der Waals surface area contributed by atoms with E-state index in [2.05, 4.69) is 13.8 Å². The largest absolute Gasteiger partial charge is 0.481 e. The van der Waals surface area contributed by atoms with Gasteiger partial charge in [-0.3, -0.25) is 4.79 Å². The molecule has 0 saturated heterocycles. The number of unbranched alkanes of at least 4 members (excludes halogenated alkanes) is 2. The van der Waals surface area contributed by atoms with Crippen LogP contribution in [0.2, 0.25) is 0 Å². The van der Waals surface area contributed by atoms with E-state index in [4.69, 9.17) is 14.6 Å². The third-order valence-electron chi connectivity index (χ3n) is 1.28. The van der Waals surface area contributed by atoms with Gasteiger partial charge in [-0.2, -0.15) is 0 Å². The minimum absolute atomic E-state index is 0.833. The smallest absolute Gasteiger partial charge is 0.300 e. The summed E-state index contributed by atoms with van der Waals surface area (Å²) in [5.74, 6) is -0.833. The molecule has 0 fully saturated rings. The zero-order chi connectivity index (χ0) is 10.5. The molecule has 0 aliphatic carbocycles. The Morgan fingerprint density at radius 1 is 1.15 bits per heavy atom. The summed E-state index contributed by atoms with van der Waals surface area (Å²) in [5, 5.41) is 7.42. The van der Waals surface area contributed by atoms with E-state index < -0.39 is 5.97 Å². The predicted molar refractivity (Wildman–Crippen MR) is 53.9 cm³/mol. The summed E-state index contributed by atoms with van der Waals surface area (Å²) in [5.41, 5.74) is 0. The summed E-state index contributed by atoms with van der Waals surface area (Å²) in [6, 6.07) is 0. The van der Waals surface area contributed by atoms with Crippen LogP contribution >= 0.6 is 0 Å². The molecule has 0 aromatic heterocycles. The molecule has 3 nitrogen and oxygen atoms in total. The van der Waals surface area contributed by atoms with Gasteiger partial charge in [-0.25, -0.2) is 0 Å². The standard InChI is InChI=1S/C8H18O.C2H4O2/c1-3-5-7-9-8-6-4-2;1-2(3)4/h3-8H2,1-2H3;1H3,(H,3,4). The maximum absolute atomic E-state index is 9.00. The van der Waals surface area contributed by atoms with Gasteiger partial charge in [-0.05, 0) is 12.8 Å². The van der Waals surface area contributed by atoms with Crippen molar-refractivity contribution in [1.82, 2.24) is 0 Å². The molecule has 1 N–H and O–H groups in total. The van der Waals surface area contributed by atoms with Gasteiger partial charge in [0.15, 0.2) is 0 Å². The Kier molecular flexibility index (Phi) is 16.1. The number of aliphatic carboxylic acids is 1. The minimum atomic E-state index is -0.833. The summed E-state index contributed by atoms with van der Waals surface area (Å²) in [7, 11) is 0. The van der Waals surface area contributed by atoms with E-state index in [0.29, 0.717) is 0 Å². The number of carbonyl (C=O) groups is 1. The monoisotopic (exact) mass is 190 g/mol. The van der Waals surface area contributed by atoms with Crippen LogP contribution < -0.4 is 0 Å². The quantitative estimate of drug-likeness (QED) is 0.655. The third kappa shape index (κ3) is 34.5. The number of carboxylic acid groups (broad SMARTS) is 1. The average molecular weight is 190 g/mol. The first kappa shape index (κ1) is 14.9. The van der Waals surface area contributed by atoms with Crippen molar-refractivity contribution in [1.29, 1.82) is 0 Å². The second-order valence-electron chi connectivity index (χ2n) is 2.84. The normalized spacial score (nSPS) is 8.85. The summed E-state index contributed by atoms with van der Waals surface area (Å²) in [6.07, 6.45) is 4.91. The van der Waals surface area contributed by atoms with Gasteiger partial charge in [0, 0.05) is 20.1 Å². The van der Waals surface area contributed by atoms with Crippen molar-refractivity contribution in [3.05, 3.63) is 0 Å². The van der Waals surface area contributed by atoms with E-state index in [1.807, 2.05) is 0 Å². The first-order valence-corrected chi connectivity index (χ1v) is 4.92. The number of rotatable bonds is 6. The van der Waals surface area contributed by atoms with E-state index in [0.717, 1.165) is 20.1 Å². The second kappa shape index (κ2) is 14.0. The van der Waals surface area contributed by atoms with Gasteiger partial charge in [0.25, 0.3) is 5.97 Å². The summed E-state index contributed by atoms with van der Waals surface area (Å²) in [6.45, 7) is 7.36. The van der Waals surface area contributed by atoms with Gasteiger partial charge in [0.05, 0.1) is 0 Å². The van der Waals surface area contributed by atoms with E-state index in [9.17, 15) is 0 Å². The zero-order valence-electron chi connectivity index (χ0n) is 9.01. The maximum Gasteiger partial charge on any atom is 0.300 e. The summed E-state index contributed by atoms with van der Waals surface area (Å²) >= 11 is 0. The fraction of sp³-hybridized carbons (Fsp3) is 0.900. The van der Waals surface area contributed by atoms with Crippen molar-refractivity contribution >= 4 is 5.97 Å². The molecular formula is C10H22O3. The predicted octanol–water partition coefficient (Wildman–Crippen LogP) is 2.69. The highest BCUT2D eigenvalue weighted by atomic mass is 16.5. The van der Waals surface area contributed by atoms with Crippen molar-refractivity contribution in [3.8, 4) is 0 Å². The van der Waals surface area contributed by atoms with E-state index in [1.165, 1.54) is 25.7 Å². The molecule has 0 spiro atoms. The lowest BCUT2D eigenvalue weighted by Gasteiger charge is -1.99. The molecule has 0 amide bonds. The molecular weight excluding hydrogens is 168 g/mol. The van der Waals surface area contributed by atoms with Crippen LogP contribution in [0.4, 0.5) is 0 Å². The van der Waals surface area contributed by atoms with E-state index in [1.54, 1.807) is 0 Å². The lowest BCUT2D eigenvalue weighted by molar-refractivity contribution is -0.134. The van der Waals surface area contributed by atoms with E-state index in [-0.39, 0.29) is 0 Å².